The van der Waals surface area contributed by atoms with Crippen molar-refractivity contribution in [3.05, 3.63) is 190 Å². The maximum atomic E-state index is 2.61. The van der Waals surface area contributed by atoms with Gasteiger partial charge in [0.15, 0.2) is 0 Å². The van der Waals surface area contributed by atoms with E-state index < -0.39 is 8.07 Å². The summed E-state index contributed by atoms with van der Waals surface area (Å²) in [5.41, 5.74) is 8.32. The molecule has 9 rings (SSSR count). The second-order valence-corrected chi connectivity index (χ2v) is 17.8. The maximum Gasteiger partial charge on any atom is 4.00 e. The predicted octanol–water partition coefficient (Wildman–Crippen LogP) is 12.2. The number of aryl methyl sites for hydroxylation is 2. The van der Waals surface area contributed by atoms with Crippen LogP contribution in [0.1, 0.15) is 25.0 Å². The topological polar surface area (TPSA) is 0 Å². The summed E-state index contributed by atoms with van der Waals surface area (Å²) >= 11 is 0. The average molecular weight is 735 g/mol. The van der Waals surface area contributed by atoms with Crippen molar-refractivity contribution in [2.45, 2.75) is 33.2 Å². The molecule has 0 aromatic heterocycles. The van der Waals surface area contributed by atoms with Crippen molar-refractivity contribution in [2.24, 2.45) is 0 Å². The monoisotopic (exact) mass is 734 g/mol. The average Bonchev–Trinajstić information content (AvgIpc) is 3.76. The van der Waals surface area contributed by atoms with Crippen molar-refractivity contribution >= 4 is 66.7 Å². The smallest absolute Gasteiger partial charge is 0.358 e. The molecule has 0 aliphatic rings. The van der Waals surface area contributed by atoms with E-state index in [1.165, 1.54) is 92.0 Å². The van der Waals surface area contributed by atoms with Gasteiger partial charge in [0.25, 0.3) is 0 Å². The number of hydrogen-bond donors (Lipinski definition) is 0. The molecule has 53 heavy (non-hydrogen) atoms. The second kappa shape index (κ2) is 15.3. The van der Waals surface area contributed by atoms with E-state index in [4.69, 9.17) is 0 Å². The van der Waals surface area contributed by atoms with Crippen molar-refractivity contribution in [2.75, 3.05) is 0 Å². The fourth-order valence-electron chi connectivity index (χ4n) is 8.90. The van der Waals surface area contributed by atoms with E-state index in [-0.39, 0.29) is 36.6 Å². The minimum Gasteiger partial charge on any atom is -0.358 e. The molecule has 0 saturated carbocycles. The van der Waals surface area contributed by atoms with Crippen molar-refractivity contribution in [1.29, 1.82) is 0 Å². The van der Waals surface area contributed by atoms with Crippen LogP contribution in [-0.2, 0) is 34.6 Å². The van der Waals surface area contributed by atoms with E-state index in [1.807, 2.05) is 0 Å². The van der Waals surface area contributed by atoms with E-state index >= 15 is 0 Å². The van der Waals surface area contributed by atoms with Crippen LogP contribution in [0.15, 0.2) is 164 Å². The van der Waals surface area contributed by atoms with Gasteiger partial charge in [-0.05, 0) is 34.4 Å². The summed E-state index contributed by atoms with van der Waals surface area (Å²) in [5.74, 6) is 0. The van der Waals surface area contributed by atoms with Gasteiger partial charge in [0.05, 0.1) is 0 Å². The first kappa shape index (κ1) is 38.0. The summed E-state index contributed by atoms with van der Waals surface area (Å²) in [7, 11) is -2.67. The fourth-order valence-corrected chi connectivity index (χ4v) is 13.1. The molecule has 0 aliphatic heterocycles. The first-order valence-electron chi connectivity index (χ1n) is 18.1. The first-order valence-corrected chi connectivity index (χ1v) is 20.6. The minimum atomic E-state index is -2.67. The molecule has 0 N–H and O–H groups in total. The third-order valence-corrected chi connectivity index (χ3v) is 15.8. The molecule has 0 spiro atoms. The zero-order valence-corrected chi connectivity index (χ0v) is 34.1. The number of benzene rings is 7. The zero-order chi connectivity index (χ0) is 33.8. The van der Waals surface area contributed by atoms with Gasteiger partial charge in [-0.15, -0.1) is 80.2 Å². The SMILES string of the molecule is CCc1[cH-]c2cccc([Si](C)(c3ccccc3)c3cccc4[cH-]c(CC)c(-c5cccc6ccccc56)c34)c2c1-c1cccc2ccccc12.[CH3-].[CH3-].[Ti+4]. The molecule has 2 heteroatoms. The Morgan fingerprint density at radius 2 is 0.849 bits per heavy atom. The van der Waals surface area contributed by atoms with Crippen LogP contribution in [0.5, 0.6) is 0 Å². The number of fused-ring (bicyclic) bond motifs is 4. The molecule has 0 aliphatic carbocycles. The van der Waals surface area contributed by atoms with Crippen LogP contribution in [0.3, 0.4) is 0 Å². The minimum absolute atomic E-state index is 0. The van der Waals surface area contributed by atoms with Crippen molar-refractivity contribution in [3.8, 4) is 22.3 Å². The van der Waals surface area contributed by atoms with E-state index in [0.29, 0.717) is 0 Å². The summed E-state index contributed by atoms with van der Waals surface area (Å²) in [6, 6.07) is 62.0. The Morgan fingerprint density at radius 1 is 0.453 bits per heavy atom. The van der Waals surface area contributed by atoms with E-state index in [1.54, 1.807) is 0 Å². The Kier molecular flexibility index (Phi) is 10.9. The number of rotatable bonds is 7. The third-order valence-electron chi connectivity index (χ3n) is 11.3. The Labute approximate surface area is 331 Å². The predicted molar refractivity (Wildman–Crippen MR) is 234 cm³/mol. The Balaban J connectivity index is 0.00000160. The summed E-state index contributed by atoms with van der Waals surface area (Å²) in [4.78, 5) is 0. The molecule has 0 radical (unpaired) electrons. The molecular formula is C51H46SiTi. The largest absolute Gasteiger partial charge is 4.00 e. The van der Waals surface area contributed by atoms with Crippen LogP contribution in [-0.4, -0.2) is 8.07 Å². The Hall–Kier alpha value is -4.79. The maximum absolute atomic E-state index is 2.67. The summed E-state index contributed by atoms with van der Waals surface area (Å²) < 4.78 is 0. The van der Waals surface area contributed by atoms with Gasteiger partial charge in [0.1, 0.15) is 8.07 Å². The molecule has 0 bridgehead atoms. The van der Waals surface area contributed by atoms with Gasteiger partial charge in [-0.2, -0.15) is 0 Å². The number of hydrogen-bond acceptors (Lipinski definition) is 0. The van der Waals surface area contributed by atoms with Crippen LogP contribution in [0.25, 0.3) is 65.3 Å². The summed E-state index contributed by atoms with van der Waals surface area (Å²) in [6.07, 6.45) is 1.97. The van der Waals surface area contributed by atoms with E-state index in [9.17, 15) is 0 Å². The molecular weight excluding hydrogens is 689 g/mol. The molecule has 9 aromatic rings. The molecule has 0 saturated heterocycles. The quantitative estimate of drug-likeness (QED) is 0.0869. The summed E-state index contributed by atoms with van der Waals surface area (Å²) in [5, 5.41) is 15.1. The molecule has 0 nitrogen and oxygen atoms in total. The van der Waals surface area contributed by atoms with E-state index in [0.717, 1.165) is 12.8 Å². The fraction of sp³-hybridized carbons (Fsp3) is 0.0980. The molecule has 0 unspecified atom stereocenters. The van der Waals surface area contributed by atoms with Crippen molar-refractivity contribution in [3.63, 3.8) is 0 Å². The molecule has 0 heterocycles. The van der Waals surface area contributed by atoms with Gasteiger partial charge in [-0.3, -0.25) is 0 Å². The summed E-state index contributed by atoms with van der Waals surface area (Å²) in [6.45, 7) is 7.23. The normalized spacial score (nSPS) is 11.4. The van der Waals surface area contributed by atoms with E-state index in [2.05, 4.69) is 184 Å². The van der Waals surface area contributed by atoms with Gasteiger partial charge in [-0.25, -0.2) is 0 Å². The Morgan fingerprint density at radius 3 is 1.30 bits per heavy atom. The van der Waals surface area contributed by atoms with Crippen LogP contribution in [0.4, 0.5) is 0 Å². The molecule has 0 amide bonds. The van der Waals surface area contributed by atoms with Crippen LogP contribution < -0.4 is 15.6 Å². The first-order chi connectivity index (χ1) is 24.6. The zero-order valence-electron chi connectivity index (χ0n) is 31.5. The molecule has 9 aromatic carbocycles. The molecule has 0 atom stereocenters. The van der Waals surface area contributed by atoms with Gasteiger partial charge < -0.3 is 14.9 Å². The molecule has 0 fully saturated rings. The standard InChI is InChI=1S/C49H40Si.2CH3.Ti/c1-4-33-31-37-21-15-29-44(48(37)46(33)42-27-13-19-35-17-9-11-25-40(35)42)50(3,39-23-7-6-8-24-39)45-30-16-22-38-32-34(5-2)47(49(38)45)43-28-14-20-36-18-10-12-26-41(36)43;;;/h6-32H,4-5H2,1-3H3;2*1H3;/q-2;2*-1;+4. The van der Waals surface area contributed by atoms with Crippen molar-refractivity contribution in [1.82, 2.24) is 0 Å². The van der Waals surface area contributed by atoms with Gasteiger partial charge in [0, 0.05) is 0 Å². The second-order valence-electron chi connectivity index (χ2n) is 13.9. The van der Waals surface area contributed by atoms with Gasteiger partial charge >= 0.3 is 21.7 Å². The van der Waals surface area contributed by atoms with Crippen LogP contribution >= 0.6 is 0 Å². The molecule has 258 valence electrons. The Bertz CT molecular complexity index is 2510. The van der Waals surface area contributed by atoms with Gasteiger partial charge in [0.2, 0.25) is 0 Å². The van der Waals surface area contributed by atoms with Crippen LogP contribution in [0.2, 0.25) is 6.55 Å². The van der Waals surface area contributed by atoms with Gasteiger partial charge in [-0.1, -0.05) is 174 Å². The van der Waals surface area contributed by atoms with Crippen LogP contribution in [0, 0.1) is 14.9 Å². The third kappa shape index (κ3) is 5.96. The van der Waals surface area contributed by atoms with Crippen molar-refractivity contribution < 1.29 is 21.7 Å².